The highest BCUT2D eigenvalue weighted by Crippen LogP contribution is 2.32. The van der Waals surface area contributed by atoms with Gasteiger partial charge in [-0.25, -0.2) is 4.99 Å². The third kappa shape index (κ3) is 6.19. The third-order valence-electron chi connectivity index (χ3n) is 5.31. The number of guanidine groups is 1. The fourth-order valence-electron chi connectivity index (χ4n) is 3.66. The number of hydrogen-bond acceptors (Lipinski definition) is 5. The topological polar surface area (TPSA) is 81.9 Å². The Labute approximate surface area is 194 Å². The van der Waals surface area contributed by atoms with Crippen LogP contribution in [0.15, 0.2) is 53.8 Å². The van der Waals surface area contributed by atoms with Crippen LogP contribution in [0, 0.1) is 6.92 Å². The van der Waals surface area contributed by atoms with Crippen molar-refractivity contribution >= 4 is 11.6 Å². The Hall–Kier alpha value is -3.68. The number of aliphatic imine (C=N–C) groups is 1. The summed E-state index contributed by atoms with van der Waals surface area (Å²) in [4.78, 5) is 4.76. The highest BCUT2D eigenvalue weighted by atomic mass is 16.5. The summed E-state index contributed by atoms with van der Waals surface area (Å²) < 4.78 is 18.9. The van der Waals surface area contributed by atoms with Crippen LogP contribution in [0.4, 0.5) is 5.69 Å². The Bertz CT molecular complexity index is 1110. The summed E-state index contributed by atoms with van der Waals surface area (Å²) >= 11 is 0. The second kappa shape index (κ2) is 10.8. The molecule has 0 fully saturated rings. The molecule has 1 aromatic heterocycles. The normalized spacial score (nSPS) is 13.4. The number of aryl methyl sites for hydroxylation is 2. The number of nitrogens with one attached hydrogen (secondary N) is 2. The van der Waals surface area contributed by atoms with E-state index in [1.807, 2.05) is 43.7 Å². The van der Waals surface area contributed by atoms with Gasteiger partial charge in [-0.05, 0) is 37.1 Å². The molecule has 174 valence electrons. The fraction of sp³-hybridized carbons (Fsp3) is 0.360. The first-order chi connectivity index (χ1) is 16.1. The number of methoxy groups -OCH3 is 1. The van der Waals surface area contributed by atoms with Gasteiger partial charge in [0, 0.05) is 43.5 Å². The number of nitrogens with zero attached hydrogens (tertiary/aromatic N) is 3. The quantitative estimate of drug-likeness (QED) is 0.423. The fourth-order valence-corrected chi connectivity index (χ4v) is 3.66. The summed E-state index contributed by atoms with van der Waals surface area (Å²) in [6, 6.07) is 12.1. The lowest BCUT2D eigenvalue weighted by Crippen LogP contribution is -2.32. The van der Waals surface area contributed by atoms with Gasteiger partial charge in [0.05, 0.1) is 33.1 Å². The summed E-state index contributed by atoms with van der Waals surface area (Å²) in [6.45, 7) is 4.62. The second-order valence-corrected chi connectivity index (χ2v) is 8.02. The maximum absolute atomic E-state index is 5.83. The molecule has 3 aromatic rings. The molecule has 1 aliphatic heterocycles. The number of hydrogen-bond donors (Lipinski definition) is 2. The van der Waals surface area contributed by atoms with Crippen LogP contribution < -0.4 is 24.8 Å². The van der Waals surface area contributed by atoms with Gasteiger partial charge >= 0.3 is 0 Å². The number of benzene rings is 2. The molecule has 2 aromatic carbocycles. The van der Waals surface area contributed by atoms with Crippen LogP contribution in [-0.2, 0) is 20.0 Å². The molecule has 0 unspecified atom stereocenters. The van der Waals surface area contributed by atoms with Crippen molar-refractivity contribution in [3.05, 3.63) is 65.5 Å². The minimum absolute atomic E-state index is 0.515. The molecule has 0 amide bonds. The monoisotopic (exact) mass is 449 g/mol. The maximum Gasteiger partial charge on any atom is 0.196 e. The van der Waals surface area contributed by atoms with Gasteiger partial charge in [-0.1, -0.05) is 17.7 Å². The Balaban J connectivity index is 1.47. The van der Waals surface area contributed by atoms with Crippen LogP contribution in [0.5, 0.6) is 17.2 Å². The summed E-state index contributed by atoms with van der Waals surface area (Å²) in [5, 5.41) is 11.1. The number of fused-ring (bicyclic) bond motifs is 1. The molecule has 8 heteroatoms. The van der Waals surface area contributed by atoms with Gasteiger partial charge in [-0.3, -0.25) is 4.68 Å². The highest BCUT2D eigenvalue weighted by molar-refractivity contribution is 5.94. The molecule has 2 heterocycles. The third-order valence-corrected chi connectivity index (χ3v) is 5.31. The van der Waals surface area contributed by atoms with Crippen LogP contribution in [-0.4, -0.2) is 42.6 Å². The van der Waals surface area contributed by atoms with Crippen molar-refractivity contribution in [3.63, 3.8) is 0 Å². The lowest BCUT2D eigenvalue weighted by atomic mass is 10.1. The van der Waals surface area contributed by atoms with E-state index < -0.39 is 0 Å². The van der Waals surface area contributed by atoms with E-state index in [2.05, 4.69) is 34.8 Å². The minimum atomic E-state index is 0.515. The molecule has 0 bridgehead atoms. The molecule has 0 aliphatic carbocycles. The Kier molecular flexibility index (Phi) is 7.34. The van der Waals surface area contributed by atoms with Crippen LogP contribution in [0.3, 0.4) is 0 Å². The molecule has 0 radical (unpaired) electrons. The number of aromatic nitrogens is 2. The molecule has 4 rings (SSSR count). The van der Waals surface area contributed by atoms with Crippen molar-refractivity contribution in [2.75, 3.05) is 32.2 Å². The van der Waals surface area contributed by atoms with Gasteiger partial charge in [0.1, 0.15) is 5.75 Å². The summed E-state index contributed by atoms with van der Waals surface area (Å²) in [7, 11) is 3.60. The van der Waals surface area contributed by atoms with Gasteiger partial charge in [0.25, 0.3) is 0 Å². The lowest BCUT2D eigenvalue weighted by molar-refractivity contribution is 0.297. The summed E-state index contributed by atoms with van der Waals surface area (Å²) in [5.41, 5.74) is 4.29. The molecule has 1 aliphatic rings. The highest BCUT2D eigenvalue weighted by Gasteiger charge is 2.12. The Morgan fingerprint density at radius 3 is 2.79 bits per heavy atom. The Morgan fingerprint density at radius 1 is 1.15 bits per heavy atom. The zero-order chi connectivity index (χ0) is 23.0. The van der Waals surface area contributed by atoms with Crippen molar-refractivity contribution in [3.8, 4) is 17.2 Å². The molecule has 0 atom stereocenters. The van der Waals surface area contributed by atoms with Crippen LogP contribution >= 0.6 is 0 Å². The molecule has 2 N–H and O–H groups in total. The molecular weight excluding hydrogens is 418 g/mol. The Morgan fingerprint density at radius 2 is 2.00 bits per heavy atom. The van der Waals surface area contributed by atoms with E-state index in [0.29, 0.717) is 32.3 Å². The van der Waals surface area contributed by atoms with Crippen molar-refractivity contribution in [1.29, 1.82) is 0 Å². The molecule has 8 nitrogen and oxygen atoms in total. The predicted octanol–water partition coefficient (Wildman–Crippen LogP) is 3.70. The van der Waals surface area contributed by atoms with E-state index in [0.717, 1.165) is 46.9 Å². The van der Waals surface area contributed by atoms with Crippen molar-refractivity contribution in [2.24, 2.45) is 12.0 Å². The minimum Gasteiger partial charge on any atom is -0.496 e. The van der Waals surface area contributed by atoms with Gasteiger partial charge in [0.2, 0.25) is 0 Å². The van der Waals surface area contributed by atoms with E-state index in [9.17, 15) is 0 Å². The standard InChI is InChI=1S/C25H31N5O3/c1-18-5-7-22(31-3)20(13-18)9-10-26-25(27-15-19-16-28-30(2)17-19)29-21-6-8-23-24(14-21)33-12-4-11-32-23/h5-8,13-14,16-17H,4,9-12,15H2,1-3H3,(H2,26,27,29). The number of ether oxygens (including phenoxy) is 3. The largest absolute Gasteiger partial charge is 0.496 e. The lowest BCUT2D eigenvalue weighted by Gasteiger charge is -2.15. The van der Waals surface area contributed by atoms with Crippen molar-refractivity contribution in [1.82, 2.24) is 15.1 Å². The first kappa shape index (κ1) is 22.5. The van der Waals surface area contributed by atoms with Crippen molar-refractivity contribution < 1.29 is 14.2 Å². The molecular formula is C25H31N5O3. The predicted molar refractivity (Wildman–Crippen MR) is 129 cm³/mol. The molecule has 0 saturated carbocycles. The SMILES string of the molecule is COc1ccc(C)cc1CCNC(=NCc1cnn(C)c1)Nc1ccc2c(c1)OCCCO2. The number of rotatable bonds is 7. The average Bonchev–Trinajstić information content (AvgIpc) is 3.09. The van der Waals surface area contributed by atoms with E-state index in [1.165, 1.54) is 5.56 Å². The van der Waals surface area contributed by atoms with Gasteiger partial charge in [-0.2, -0.15) is 5.10 Å². The second-order valence-electron chi connectivity index (χ2n) is 8.02. The van der Waals surface area contributed by atoms with Gasteiger partial charge in [-0.15, -0.1) is 0 Å². The molecule has 33 heavy (non-hydrogen) atoms. The zero-order valence-electron chi connectivity index (χ0n) is 19.4. The van der Waals surface area contributed by atoms with E-state index in [4.69, 9.17) is 19.2 Å². The van der Waals surface area contributed by atoms with E-state index in [-0.39, 0.29) is 0 Å². The van der Waals surface area contributed by atoms with Crippen LogP contribution in [0.1, 0.15) is 23.1 Å². The van der Waals surface area contributed by atoms with Crippen LogP contribution in [0.2, 0.25) is 0 Å². The van der Waals surface area contributed by atoms with Gasteiger partial charge < -0.3 is 24.8 Å². The maximum atomic E-state index is 5.83. The first-order valence-electron chi connectivity index (χ1n) is 11.2. The summed E-state index contributed by atoms with van der Waals surface area (Å²) in [5.74, 6) is 3.09. The van der Waals surface area contributed by atoms with Crippen LogP contribution in [0.25, 0.3) is 0 Å². The van der Waals surface area contributed by atoms with E-state index >= 15 is 0 Å². The van der Waals surface area contributed by atoms with Crippen molar-refractivity contribution in [2.45, 2.75) is 26.3 Å². The molecule has 0 spiro atoms. The van der Waals surface area contributed by atoms with Gasteiger partial charge in [0.15, 0.2) is 17.5 Å². The van der Waals surface area contributed by atoms with E-state index in [1.54, 1.807) is 11.8 Å². The average molecular weight is 450 g/mol. The first-order valence-corrected chi connectivity index (χ1v) is 11.2. The summed E-state index contributed by atoms with van der Waals surface area (Å²) in [6.07, 6.45) is 5.47. The number of anilines is 1. The molecule has 0 saturated heterocycles. The smallest absolute Gasteiger partial charge is 0.196 e. The zero-order valence-corrected chi connectivity index (χ0v) is 19.4.